The fourth-order valence-electron chi connectivity index (χ4n) is 1.76. The fraction of sp³-hybridized carbons (Fsp3) is 0.200. The lowest BCUT2D eigenvalue weighted by molar-refractivity contribution is 0.416. The largest absolute Gasteiger partial charge is 0.495 e. The van der Waals surface area contributed by atoms with Crippen LogP contribution in [0.5, 0.6) is 5.75 Å². The van der Waals surface area contributed by atoms with Gasteiger partial charge in [-0.2, -0.15) is 0 Å². The number of rotatable bonds is 4. The number of nitrogens with one attached hydrogen (secondary N) is 1. The summed E-state index contributed by atoms with van der Waals surface area (Å²) in [4.78, 5) is 0. The Morgan fingerprint density at radius 1 is 1.11 bits per heavy atom. The van der Waals surface area contributed by atoms with Crippen molar-refractivity contribution in [3.05, 3.63) is 57.2 Å². The maximum absolute atomic E-state index is 5.34. The molecule has 2 aromatic carbocycles. The van der Waals surface area contributed by atoms with Gasteiger partial charge in [-0.15, -0.1) is 0 Å². The molecule has 0 heterocycles. The second-order valence-corrected chi connectivity index (χ2v) is 5.43. The van der Waals surface area contributed by atoms with E-state index in [-0.39, 0.29) is 0 Å². The highest BCUT2D eigenvalue weighted by atomic mass is 127. The molecule has 0 radical (unpaired) electrons. The standard InChI is InChI=1S/C15H16INO/c1-11-3-8-15(18-2)14(9-11)17-10-12-4-6-13(16)7-5-12/h3-9,17H,10H2,1-2H3. The van der Waals surface area contributed by atoms with E-state index in [1.165, 1.54) is 14.7 Å². The molecule has 0 fully saturated rings. The van der Waals surface area contributed by atoms with Crippen LogP contribution in [-0.4, -0.2) is 7.11 Å². The molecule has 0 spiro atoms. The fourth-order valence-corrected chi connectivity index (χ4v) is 2.12. The monoisotopic (exact) mass is 353 g/mol. The van der Waals surface area contributed by atoms with Crippen LogP contribution in [0.4, 0.5) is 5.69 Å². The predicted octanol–water partition coefficient (Wildman–Crippen LogP) is 4.22. The van der Waals surface area contributed by atoms with Gasteiger partial charge in [-0.05, 0) is 64.9 Å². The molecule has 0 aliphatic carbocycles. The van der Waals surface area contributed by atoms with Crippen molar-refractivity contribution in [2.24, 2.45) is 0 Å². The first-order chi connectivity index (χ1) is 8.69. The van der Waals surface area contributed by atoms with Crippen LogP contribution in [0.2, 0.25) is 0 Å². The molecule has 18 heavy (non-hydrogen) atoms. The van der Waals surface area contributed by atoms with Crippen LogP contribution < -0.4 is 10.1 Å². The highest BCUT2D eigenvalue weighted by molar-refractivity contribution is 14.1. The second-order valence-electron chi connectivity index (χ2n) is 4.18. The van der Waals surface area contributed by atoms with Crippen molar-refractivity contribution in [3.63, 3.8) is 0 Å². The van der Waals surface area contributed by atoms with Crippen molar-refractivity contribution >= 4 is 28.3 Å². The van der Waals surface area contributed by atoms with E-state index < -0.39 is 0 Å². The average Bonchev–Trinajstić information content (AvgIpc) is 2.38. The lowest BCUT2D eigenvalue weighted by Crippen LogP contribution is -2.01. The first-order valence-electron chi connectivity index (χ1n) is 5.82. The smallest absolute Gasteiger partial charge is 0.141 e. The van der Waals surface area contributed by atoms with Crippen LogP contribution in [0.25, 0.3) is 0 Å². The van der Waals surface area contributed by atoms with E-state index >= 15 is 0 Å². The molecule has 2 rings (SSSR count). The van der Waals surface area contributed by atoms with Crippen LogP contribution in [-0.2, 0) is 6.54 Å². The van der Waals surface area contributed by atoms with E-state index in [9.17, 15) is 0 Å². The first kappa shape index (κ1) is 13.2. The van der Waals surface area contributed by atoms with E-state index in [2.05, 4.69) is 71.2 Å². The Balaban J connectivity index is 2.09. The highest BCUT2D eigenvalue weighted by Gasteiger charge is 2.02. The third kappa shape index (κ3) is 3.38. The molecular weight excluding hydrogens is 337 g/mol. The van der Waals surface area contributed by atoms with Gasteiger partial charge in [0, 0.05) is 10.1 Å². The molecule has 0 saturated heterocycles. The summed E-state index contributed by atoms with van der Waals surface area (Å²) in [6.07, 6.45) is 0. The van der Waals surface area contributed by atoms with Crippen molar-refractivity contribution < 1.29 is 4.74 Å². The Labute approximate surface area is 122 Å². The Kier molecular flexibility index (Phi) is 4.47. The van der Waals surface area contributed by atoms with Crippen LogP contribution in [0.1, 0.15) is 11.1 Å². The zero-order valence-electron chi connectivity index (χ0n) is 10.5. The van der Waals surface area contributed by atoms with Crippen LogP contribution in [0, 0.1) is 10.5 Å². The van der Waals surface area contributed by atoms with E-state index in [1.807, 2.05) is 6.07 Å². The summed E-state index contributed by atoms with van der Waals surface area (Å²) in [6.45, 7) is 2.88. The maximum Gasteiger partial charge on any atom is 0.141 e. The van der Waals surface area contributed by atoms with Gasteiger partial charge in [0.1, 0.15) is 5.75 Å². The summed E-state index contributed by atoms with van der Waals surface area (Å²) in [7, 11) is 1.70. The maximum atomic E-state index is 5.34. The number of hydrogen-bond donors (Lipinski definition) is 1. The molecule has 1 N–H and O–H groups in total. The molecule has 3 heteroatoms. The minimum Gasteiger partial charge on any atom is -0.495 e. The van der Waals surface area contributed by atoms with Crippen molar-refractivity contribution in [1.82, 2.24) is 0 Å². The van der Waals surface area contributed by atoms with Crippen LogP contribution in [0.15, 0.2) is 42.5 Å². The molecule has 0 saturated carbocycles. The molecule has 0 unspecified atom stereocenters. The number of aryl methyl sites for hydroxylation is 1. The SMILES string of the molecule is COc1ccc(C)cc1NCc1ccc(I)cc1. The summed E-state index contributed by atoms with van der Waals surface area (Å²) in [5, 5.41) is 3.41. The summed E-state index contributed by atoms with van der Waals surface area (Å²) < 4.78 is 6.60. The van der Waals surface area contributed by atoms with E-state index in [0.29, 0.717) is 0 Å². The number of benzene rings is 2. The highest BCUT2D eigenvalue weighted by Crippen LogP contribution is 2.25. The van der Waals surface area contributed by atoms with E-state index in [1.54, 1.807) is 7.11 Å². The van der Waals surface area contributed by atoms with Crippen molar-refractivity contribution in [3.8, 4) is 5.75 Å². The van der Waals surface area contributed by atoms with Gasteiger partial charge in [-0.25, -0.2) is 0 Å². The van der Waals surface area contributed by atoms with Crippen molar-refractivity contribution in [2.75, 3.05) is 12.4 Å². The van der Waals surface area contributed by atoms with Crippen LogP contribution in [0.3, 0.4) is 0 Å². The van der Waals surface area contributed by atoms with Gasteiger partial charge in [0.05, 0.1) is 12.8 Å². The molecule has 0 amide bonds. The summed E-state index contributed by atoms with van der Waals surface area (Å²) in [5.74, 6) is 0.881. The normalized spacial score (nSPS) is 10.2. The molecule has 0 atom stereocenters. The van der Waals surface area contributed by atoms with Gasteiger partial charge < -0.3 is 10.1 Å². The van der Waals surface area contributed by atoms with Gasteiger partial charge in [0.2, 0.25) is 0 Å². The topological polar surface area (TPSA) is 21.3 Å². The predicted molar refractivity (Wildman–Crippen MR) is 84.2 cm³/mol. The number of anilines is 1. The van der Waals surface area contributed by atoms with Crippen molar-refractivity contribution in [2.45, 2.75) is 13.5 Å². The quantitative estimate of drug-likeness (QED) is 0.831. The Bertz CT molecular complexity index is 523. The number of methoxy groups -OCH3 is 1. The van der Waals surface area contributed by atoms with Crippen LogP contribution >= 0.6 is 22.6 Å². The summed E-state index contributed by atoms with van der Waals surface area (Å²) in [5.41, 5.74) is 3.52. The van der Waals surface area contributed by atoms with E-state index in [4.69, 9.17) is 4.74 Å². The second kappa shape index (κ2) is 6.09. The molecule has 94 valence electrons. The van der Waals surface area contributed by atoms with Gasteiger partial charge in [-0.3, -0.25) is 0 Å². The van der Waals surface area contributed by atoms with Crippen molar-refractivity contribution in [1.29, 1.82) is 0 Å². The molecule has 0 aliphatic rings. The van der Waals surface area contributed by atoms with Gasteiger partial charge in [0.15, 0.2) is 0 Å². The molecule has 0 bridgehead atoms. The summed E-state index contributed by atoms with van der Waals surface area (Å²) in [6, 6.07) is 14.6. The van der Waals surface area contributed by atoms with Gasteiger partial charge in [-0.1, -0.05) is 18.2 Å². The molecule has 2 nitrogen and oxygen atoms in total. The Morgan fingerprint density at radius 2 is 1.83 bits per heavy atom. The lowest BCUT2D eigenvalue weighted by atomic mass is 10.2. The minimum atomic E-state index is 0.802. The third-order valence-corrected chi connectivity index (χ3v) is 3.47. The first-order valence-corrected chi connectivity index (χ1v) is 6.90. The zero-order chi connectivity index (χ0) is 13.0. The summed E-state index contributed by atoms with van der Waals surface area (Å²) >= 11 is 2.31. The number of hydrogen-bond acceptors (Lipinski definition) is 2. The third-order valence-electron chi connectivity index (χ3n) is 2.75. The average molecular weight is 353 g/mol. The molecular formula is C15H16INO. The zero-order valence-corrected chi connectivity index (χ0v) is 12.7. The lowest BCUT2D eigenvalue weighted by Gasteiger charge is -2.12. The molecule has 0 aromatic heterocycles. The Hall–Kier alpha value is -1.23. The van der Waals surface area contributed by atoms with Gasteiger partial charge >= 0.3 is 0 Å². The molecule has 0 aliphatic heterocycles. The van der Waals surface area contributed by atoms with Gasteiger partial charge in [0.25, 0.3) is 0 Å². The number of ether oxygens (including phenoxy) is 1. The number of halogens is 1. The Morgan fingerprint density at radius 3 is 2.50 bits per heavy atom. The molecule has 2 aromatic rings. The minimum absolute atomic E-state index is 0.802. The van der Waals surface area contributed by atoms with E-state index in [0.717, 1.165) is 18.0 Å².